The highest BCUT2D eigenvalue weighted by Crippen LogP contribution is 2.26. The van der Waals surface area contributed by atoms with E-state index in [-0.39, 0.29) is 5.28 Å². The Labute approximate surface area is 126 Å². The van der Waals surface area contributed by atoms with E-state index >= 15 is 0 Å². The molecule has 0 N–H and O–H groups in total. The Morgan fingerprint density at radius 2 is 1.95 bits per heavy atom. The van der Waals surface area contributed by atoms with Gasteiger partial charge in [0.25, 0.3) is 0 Å². The molecule has 3 aromatic heterocycles. The first kappa shape index (κ1) is 11.9. The number of benzene rings is 1. The maximum atomic E-state index is 6.15. The Bertz CT molecular complexity index is 946. The molecule has 0 bridgehead atoms. The van der Waals surface area contributed by atoms with Crippen molar-refractivity contribution >= 4 is 44.1 Å². The van der Waals surface area contributed by atoms with E-state index in [4.69, 9.17) is 16.0 Å². The second kappa shape index (κ2) is 4.29. The van der Waals surface area contributed by atoms with Crippen molar-refractivity contribution in [2.24, 2.45) is 0 Å². The van der Waals surface area contributed by atoms with Crippen LogP contribution in [0.4, 0.5) is 0 Å². The van der Waals surface area contributed by atoms with Crippen LogP contribution in [0.1, 0.15) is 0 Å². The predicted molar refractivity (Wildman–Crippen MR) is 78.7 cm³/mol. The smallest absolute Gasteiger partial charge is 0.226 e. The monoisotopic (exact) mass is 348 g/mol. The minimum atomic E-state index is 0.267. The second-order valence-corrected chi connectivity index (χ2v) is 5.29. The summed E-state index contributed by atoms with van der Waals surface area (Å²) in [5, 5.41) is 5.50. The average Bonchev–Trinajstić information content (AvgIpc) is 3.05. The van der Waals surface area contributed by atoms with E-state index in [1.54, 1.807) is 12.1 Å². The maximum Gasteiger partial charge on any atom is 0.226 e. The van der Waals surface area contributed by atoms with Crippen molar-refractivity contribution in [2.45, 2.75) is 0 Å². The van der Waals surface area contributed by atoms with Gasteiger partial charge in [-0.2, -0.15) is 4.52 Å². The Morgan fingerprint density at radius 1 is 1.10 bits per heavy atom. The number of halogens is 2. The summed E-state index contributed by atoms with van der Waals surface area (Å²) in [6.45, 7) is 0. The first-order valence-corrected chi connectivity index (χ1v) is 6.96. The van der Waals surface area contributed by atoms with Crippen LogP contribution >= 0.6 is 27.5 Å². The molecule has 0 fully saturated rings. The van der Waals surface area contributed by atoms with Crippen molar-refractivity contribution in [3.8, 4) is 11.6 Å². The molecule has 0 aliphatic heterocycles. The fourth-order valence-electron chi connectivity index (χ4n) is 2.06. The van der Waals surface area contributed by atoms with Crippen molar-refractivity contribution in [1.82, 2.24) is 19.6 Å². The molecule has 0 saturated carbocycles. The number of nitrogens with zero attached hydrogens (tertiary/aromatic N) is 4. The van der Waals surface area contributed by atoms with E-state index in [0.29, 0.717) is 21.9 Å². The molecule has 4 aromatic rings. The van der Waals surface area contributed by atoms with Gasteiger partial charge in [-0.3, -0.25) is 0 Å². The summed E-state index contributed by atoms with van der Waals surface area (Å²) in [7, 11) is 0. The molecule has 98 valence electrons. The number of hydrogen-bond donors (Lipinski definition) is 0. The molecule has 0 spiro atoms. The zero-order valence-corrected chi connectivity index (χ0v) is 12.3. The molecule has 0 aliphatic carbocycles. The van der Waals surface area contributed by atoms with Gasteiger partial charge in [0.05, 0.1) is 5.52 Å². The van der Waals surface area contributed by atoms with Crippen LogP contribution < -0.4 is 0 Å². The van der Waals surface area contributed by atoms with Crippen LogP contribution in [0.25, 0.3) is 28.1 Å². The molecule has 20 heavy (non-hydrogen) atoms. The van der Waals surface area contributed by atoms with Crippen molar-refractivity contribution in [2.75, 3.05) is 0 Å². The Kier molecular flexibility index (Phi) is 2.55. The highest BCUT2D eigenvalue weighted by Gasteiger charge is 2.15. The highest BCUT2D eigenvalue weighted by molar-refractivity contribution is 9.10. The number of furan rings is 1. The van der Waals surface area contributed by atoms with E-state index in [2.05, 4.69) is 31.0 Å². The number of rotatable bonds is 1. The zero-order chi connectivity index (χ0) is 13.7. The lowest BCUT2D eigenvalue weighted by Crippen LogP contribution is -1.94. The zero-order valence-electron chi connectivity index (χ0n) is 9.92. The van der Waals surface area contributed by atoms with Gasteiger partial charge in [-0.15, -0.1) is 5.10 Å². The van der Waals surface area contributed by atoms with Crippen LogP contribution in [0.5, 0.6) is 0 Å². The lowest BCUT2D eigenvalue weighted by Gasteiger charge is -1.99. The Morgan fingerprint density at radius 3 is 2.75 bits per heavy atom. The summed E-state index contributed by atoms with van der Waals surface area (Å²) in [5.74, 6) is 1.04. The van der Waals surface area contributed by atoms with E-state index in [1.165, 1.54) is 4.52 Å². The summed E-state index contributed by atoms with van der Waals surface area (Å²) in [6.07, 6.45) is 0. The lowest BCUT2D eigenvalue weighted by molar-refractivity contribution is 0.551. The van der Waals surface area contributed by atoms with Gasteiger partial charge in [-0.05, 0) is 51.8 Å². The minimum absolute atomic E-state index is 0.267. The van der Waals surface area contributed by atoms with Crippen molar-refractivity contribution in [3.05, 3.63) is 46.4 Å². The predicted octanol–water partition coefficient (Wildman–Crippen LogP) is 3.95. The van der Waals surface area contributed by atoms with Crippen LogP contribution in [0.3, 0.4) is 0 Å². The molecule has 0 amide bonds. The Balaban J connectivity index is 2.07. The SMILES string of the molecule is Clc1nc2ccccc2c2nc(-c3ccc(Br)o3)nn12. The summed E-state index contributed by atoms with van der Waals surface area (Å²) < 4.78 is 7.60. The molecule has 5 nitrogen and oxygen atoms in total. The van der Waals surface area contributed by atoms with Gasteiger partial charge in [0.2, 0.25) is 11.1 Å². The molecule has 0 atom stereocenters. The first-order valence-electron chi connectivity index (χ1n) is 5.79. The van der Waals surface area contributed by atoms with Crippen LogP contribution in [-0.2, 0) is 0 Å². The van der Waals surface area contributed by atoms with Gasteiger partial charge in [0.15, 0.2) is 16.1 Å². The van der Waals surface area contributed by atoms with Gasteiger partial charge < -0.3 is 4.42 Å². The third-order valence-corrected chi connectivity index (χ3v) is 3.60. The van der Waals surface area contributed by atoms with Crippen LogP contribution in [0.2, 0.25) is 5.28 Å². The molecule has 7 heteroatoms. The molecule has 0 saturated heterocycles. The highest BCUT2D eigenvalue weighted by atomic mass is 79.9. The minimum Gasteiger partial charge on any atom is -0.446 e. The molecule has 4 rings (SSSR count). The van der Waals surface area contributed by atoms with Crippen LogP contribution in [0, 0.1) is 0 Å². The van der Waals surface area contributed by atoms with Crippen molar-refractivity contribution < 1.29 is 4.42 Å². The number of aromatic nitrogens is 4. The van der Waals surface area contributed by atoms with Gasteiger partial charge in [0, 0.05) is 5.39 Å². The van der Waals surface area contributed by atoms with Gasteiger partial charge in [0.1, 0.15) is 0 Å². The molecule has 3 heterocycles. The third-order valence-electron chi connectivity index (χ3n) is 2.93. The quantitative estimate of drug-likeness (QED) is 0.488. The molecular formula is C13H6BrClN4O. The Hall–Kier alpha value is -1.92. The number of fused-ring (bicyclic) bond motifs is 3. The number of para-hydroxylation sites is 1. The van der Waals surface area contributed by atoms with E-state index in [1.807, 2.05) is 24.3 Å². The van der Waals surface area contributed by atoms with E-state index in [0.717, 1.165) is 10.9 Å². The van der Waals surface area contributed by atoms with Gasteiger partial charge in [-0.25, -0.2) is 9.97 Å². The van der Waals surface area contributed by atoms with Gasteiger partial charge in [-0.1, -0.05) is 12.1 Å². The van der Waals surface area contributed by atoms with Gasteiger partial charge >= 0.3 is 0 Å². The molecule has 0 aliphatic rings. The maximum absolute atomic E-state index is 6.15. The standard InChI is InChI=1S/C13H6BrClN4O/c14-10-6-5-9(20-10)11-17-12-7-3-1-2-4-8(7)16-13(15)19(12)18-11/h1-6H. The summed E-state index contributed by atoms with van der Waals surface area (Å²) in [4.78, 5) is 8.80. The summed E-state index contributed by atoms with van der Waals surface area (Å²) in [5.41, 5.74) is 1.44. The van der Waals surface area contributed by atoms with Crippen LogP contribution in [0.15, 0.2) is 45.5 Å². The number of hydrogen-bond acceptors (Lipinski definition) is 4. The van der Waals surface area contributed by atoms with Crippen LogP contribution in [-0.4, -0.2) is 19.6 Å². The second-order valence-electron chi connectivity index (χ2n) is 4.17. The first-order chi connectivity index (χ1) is 9.72. The molecule has 0 unspecified atom stereocenters. The van der Waals surface area contributed by atoms with E-state index < -0.39 is 0 Å². The van der Waals surface area contributed by atoms with Crippen molar-refractivity contribution in [3.63, 3.8) is 0 Å². The molecular weight excluding hydrogens is 344 g/mol. The fraction of sp³-hybridized carbons (Fsp3) is 0. The molecule has 0 radical (unpaired) electrons. The van der Waals surface area contributed by atoms with Crippen molar-refractivity contribution in [1.29, 1.82) is 0 Å². The third kappa shape index (κ3) is 1.72. The largest absolute Gasteiger partial charge is 0.446 e. The fourth-order valence-corrected chi connectivity index (χ4v) is 2.58. The lowest BCUT2D eigenvalue weighted by atomic mass is 10.2. The average molecular weight is 350 g/mol. The summed E-state index contributed by atoms with van der Waals surface area (Å²) >= 11 is 9.41. The molecule has 1 aromatic carbocycles. The normalized spacial score (nSPS) is 11.5. The summed E-state index contributed by atoms with van der Waals surface area (Å²) in [6, 6.07) is 11.2. The van der Waals surface area contributed by atoms with E-state index in [9.17, 15) is 0 Å². The topological polar surface area (TPSA) is 56.2 Å².